The second kappa shape index (κ2) is 8.50. The molecule has 146 valence electrons. The summed E-state index contributed by atoms with van der Waals surface area (Å²) in [5.74, 6) is 2.15. The number of carbonyl (C=O) groups is 1. The molecule has 1 saturated heterocycles. The summed E-state index contributed by atoms with van der Waals surface area (Å²) in [6.07, 6.45) is 2.97. The van der Waals surface area contributed by atoms with E-state index in [2.05, 4.69) is 54.4 Å². The first kappa shape index (κ1) is 18.6. The van der Waals surface area contributed by atoms with Gasteiger partial charge in [0.1, 0.15) is 5.82 Å². The molecule has 4 rings (SSSR count). The van der Waals surface area contributed by atoms with Gasteiger partial charge in [-0.3, -0.25) is 9.69 Å². The number of fused-ring (bicyclic) bond motifs is 1. The number of nitrogens with zero attached hydrogens (tertiary/aromatic N) is 5. The Labute approximate surface area is 164 Å². The van der Waals surface area contributed by atoms with Crippen LogP contribution in [0.3, 0.4) is 0 Å². The van der Waals surface area contributed by atoms with E-state index in [1.165, 1.54) is 4.88 Å². The van der Waals surface area contributed by atoms with Crippen LogP contribution < -0.4 is 5.32 Å². The summed E-state index contributed by atoms with van der Waals surface area (Å²) in [4.78, 5) is 18.6. The highest BCUT2D eigenvalue weighted by Gasteiger charge is 2.25. The quantitative estimate of drug-likeness (QED) is 0.838. The fourth-order valence-corrected chi connectivity index (χ4v) is 4.78. The summed E-state index contributed by atoms with van der Waals surface area (Å²) in [6, 6.07) is 4.30. The Morgan fingerprint density at radius 2 is 2.22 bits per heavy atom. The van der Waals surface area contributed by atoms with E-state index in [4.69, 9.17) is 0 Å². The van der Waals surface area contributed by atoms with Crippen molar-refractivity contribution in [1.82, 2.24) is 29.9 Å². The minimum atomic E-state index is 0.0940. The highest BCUT2D eigenvalue weighted by atomic mass is 32.1. The normalized spacial score (nSPS) is 21.6. The van der Waals surface area contributed by atoms with Gasteiger partial charge in [0, 0.05) is 44.0 Å². The van der Waals surface area contributed by atoms with E-state index in [1.54, 1.807) is 0 Å². The highest BCUT2D eigenvalue weighted by Crippen LogP contribution is 2.17. The lowest BCUT2D eigenvalue weighted by molar-refractivity contribution is -0.126. The summed E-state index contributed by atoms with van der Waals surface area (Å²) >= 11 is 1.81. The molecule has 1 amide bonds. The number of likely N-dealkylation sites (tertiary alicyclic amines) is 1. The Kier molecular flexibility index (Phi) is 5.85. The summed E-state index contributed by atoms with van der Waals surface area (Å²) < 4.78 is 2.20. The summed E-state index contributed by atoms with van der Waals surface area (Å²) in [5.41, 5.74) is 0. The molecule has 0 saturated carbocycles. The Morgan fingerprint density at radius 3 is 3.04 bits per heavy atom. The first-order chi connectivity index (χ1) is 13.2. The Bertz CT molecular complexity index is 758. The van der Waals surface area contributed by atoms with Crippen LogP contribution in [0.4, 0.5) is 0 Å². The number of hydrogen-bond donors (Lipinski definition) is 1. The third-order valence-electron chi connectivity index (χ3n) is 5.57. The summed E-state index contributed by atoms with van der Waals surface area (Å²) in [5, 5.41) is 13.9. The van der Waals surface area contributed by atoms with Crippen molar-refractivity contribution in [3.63, 3.8) is 0 Å². The van der Waals surface area contributed by atoms with Gasteiger partial charge in [0.25, 0.3) is 0 Å². The first-order valence-electron chi connectivity index (χ1n) is 9.81. The summed E-state index contributed by atoms with van der Waals surface area (Å²) in [6.45, 7) is 6.26. The number of piperidine rings is 1. The maximum Gasteiger partial charge on any atom is 0.224 e. The molecule has 0 bridgehead atoms. The van der Waals surface area contributed by atoms with Crippen molar-refractivity contribution < 1.29 is 4.79 Å². The molecule has 2 aliphatic rings. The van der Waals surface area contributed by atoms with Crippen LogP contribution in [-0.4, -0.2) is 63.7 Å². The molecule has 1 N–H and O–H groups in total. The molecule has 4 heterocycles. The molecule has 0 aliphatic carbocycles. The topological polar surface area (TPSA) is 66.3 Å². The van der Waals surface area contributed by atoms with Crippen molar-refractivity contribution >= 4 is 17.2 Å². The number of thiophene rings is 1. The Balaban J connectivity index is 1.32. The van der Waals surface area contributed by atoms with Crippen LogP contribution in [0.5, 0.6) is 0 Å². The monoisotopic (exact) mass is 388 g/mol. The standard InChI is InChI=1S/C19H28N6OS/c1-23-7-2-4-15(13-23)19(26)20-12-18-22-21-17-6-8-24(9-10-25(17)18)14-16-5-3-11-27-16/h3,5,11,15H,2,4,6-10,12-14H2,1H3,(H,20,26). The molecule has 2 aromatic rings. The van der Waals surface area contributed by atoms with Crippen molar-refractivity contribution in [3.8, 4) is 0 Å². The van der Waals surface area contributed by atoms with Gasteiger partial charge in [0.2, 0.25) is 5.91 Å². The van der Waals surface area contributed by atoms with Crippen LogP contribution in [0.15, 0.2) is 17.5 Å². The van der Waals surface area contributed by atoms with E-state index < -0.39 is 0 Å². The van der Waals surface area contributed by atoms with Crippen LogP contribution in [0.2, 0.25) is 0 Å². The van der Waals surface area contributed by atoms with Crippen LogP contribution in [0.25, 0.3) is 0 Å². The van der Waals surface area contributed by atoms with Crippen molar-refractivity contribution in [2.45, 2.75) is 38.9 Å². The van der Waals surface area contributed by atoms with E-state index in [0.29, 0.717) is 6.54 Å². The SMILES string of the molecule is CN1CCCC(C(=O)NCc2nnc3n2CCN(Cc2cccs2)CC3)C1. The molecule has 27 heavy (non-hydrogen) atoms. The zero-order chi connectivity index (χ0) is 18.6. The molecule has 0 aromatic carbocycles. The Hall–Kier alpha value is -1.77. The van der Waals surface area contributed by atoms with Crippen LogP contribution in [0, 0.1) is 5.92 Å². The second-order valence-corrected chi connectivity index (χ2v) is 8.64. The fourth-order valence-electron chi connectivity index (χ4n) is 4.03. The third kappa shape index (κ3) is 4.56. The molecule has 0 radical (unpaired) electrons. The van der Waals surface area contributed by atoms with Crippen LogP contribution in [0.1, 0.15) is 29.4 Å². The van der Waals surface area contributed by atoms with E-state index in [0.717, 1.165) is 70.2 Å². The first-order valence-corrected chi connectivity index (χ1v) is 10.7. The molecule has 7 nitrogen and oxygen atoms in total. The molecular formula is C19H28N6OS. The summed E-state index contributed by atoms with van der Waals surface area (Å²) in [7, 11) is 2.08. The predicted octanol–water partition coefficient (Wildman–Crippen LogP) is 1.36. The number of aromatic nitrogens is 3. The lowest BCUT2D eigenvalue weighted by Crippen LogP contribution is -2.41. The van der Waals surface area contributed by atoms with Crippen molar-refractivity contribution in [1.29, 1.82) is 0 Å². The average molecular weight is 389 g/mol. The molecule has 2 aliphatic heterocycles. The van der Waals surface area contributed by atoms with Gasteiger partial charge in [0.15, 0.2) is 5.82 Å². The molecular weight excluding hydrogens is 360 g/mol. The molecule has 2 aromatic heterocycles. The van der Waals surface area contributed by atoms with E-state index >= 15 is 0 Å². The lowest BCUT2D eigenvalue weighted by Gasteiger charge is -2.28. The number of hydrogen-bond acceptors (Lipinski definition) is 6. The lowest BCUT2D eigenvalue weighted by atomic mass is 9.98. The zero-order valence-corrected chi connectivity index (χ0v) is 16.7. The van der Waals surface area contributed by atoms with Crippen LogP contribution >= 0.6 is 11.3 Å². The minimum absolute atomic E-state index is 0.0940. The minimum Gasteiger partial charge on any atom is -0.349 e. The smallest absolute Gasteiger partial charge is 0.224 e. The highest BCUT2D eigenvalue weighted by molar-refractivity contribution is 7.09. The van der Waals surface area contributed by atoms with Gasteiger partial charge in [-0.15, -0.1) is 21.5 Å². The van der Waals surface area contributed by atoms with Gasteiger partial charge >= 0.3 is 0 Å². The largest absolute Gasteiger partial charge is 0.349 e. The van der Waals surface area contributed by atoms with Gasteiger partial charge in [-0.1, -0.05) is 6.07 Å². The second-order valence-electron chi connectivity index (χ2n) is 7.61. The van der Waals surface area contributed by atoms with Gasteiger partial charge in [-0.2, -0.15) is 0 Å². The van der Waals surface area contributed by atoms with Crippen molar-refractivity contribution in [2.75, 3.05) is 33.2 Å². The maximum absolute atomic E-state index is 12.5. The van der Waals surface area contributed by atoms with Gasteiger partial charge in [-0.05, 0) is 37.9 Å². The third-order valence-corrected chi connectivity index (χ3v) is 6.43. The molecule has 1 atom stereocenters. The maximum atomic E-state index is 12.5. The number of nitrogens with one attached hydrogen (secondary N) is 1. The fraction of sp³-hybridized carbons (Fsp3) is 0.632. The number of amides is 1. The van der Waals surface area contributed by atoms with Crippen molar-refractivity contribution in [3.05, 3.63) is 34.0 Å². The number of carbonyl (C=O) groups excluding carboxylic acids is 1. The van der Waals surface area contributed by atoms with Crippen molar-refractivity contribution in [2.24, 2.45) is 5.92 Å². The number of rotatable bonds is 5. The predicted molar refractivity (Wildman–Crippen MR) is 105 cm³/mol. The van der Waals surface area contributed by atoms with E-state index in [-0.39, 0.29) is 11.8 Å². The van der Waals surface area contributed by atoms with E-state index in [9.17, 15) is 4.79 Å². The zero-order valence-electron chi connectivity index (χ0n) is 15.9. The molecule has 0 spiro atoms. The van der Waals surface area contributed by atoms with Gasteiger partial charge < -0.3 is 14.8 Å². The van der Waals surface area contributed by atoms with Crippen LogP contribution in [-0.2, 0) is 30.8 Å². The average Bonchev–Trinajstić information content (AvgIpc) is 3.27. The molecule has 8 heteroatoms. The van der Waals surface area contributed by atoms with Gasteiger partial charge in [-0.25, -0.2) is 0 Å². The van der Waals surface area contributed by atoms with E-state index in [1.807, 2.05) is 11.3 Å². The van der Waals surface area contributed by atoms with Gasteiger partial charge in [0.05, 0.1) is 12.5 Å². The Morgan fingerprint density at radius 1 is 1.30 bits per heavy atom. The molecule has 1 fully saturated rings. The molecule has 1 unspecified atom stereocenters.